The molecule has 2 N–H and O–H groups in total. The number of benzene rings is 1. The van der Waals surface area contributed by atoms with Crippen LogP contribution < -0.4 is 10.6 Å². The molecule has 4 rings (SSSR count). The number of hydrogen-bond acceptors (Lipinski definition) is 2. The first-order chi connectivity index (χ1) is 11.9. The second-order valence-electron chi connectivity index (χ2n) is 8.07. The van der Waals surface area contributed by atoms with Crippen molar-refractivity contribution in [2.75, 3.05) is 18.0 Å². The summed E-state index contributed by atoms with van der Waals surface area (Å²) < 4.78 is 1.97. The number of fused-ring (bicyclic) bond motifs is 1. The standard InChI is InChI=1S/C20H26N4O/c1-20(2,3)14-4-5-18-17(12-14)22-19(25)24(18)15-7-10-23(11-8-15)16-6-9-21-13-16/h4-6,9,12-13,15,21H,7-8,10-11H2,1-3H3,(H,22,25). The fourth-order valence-electron chi connectivity index (χ4n) is 3.85. The lowest BCUT2D eigenvalue weighted by molar-refractivity contribution is 0.396. The van der Waals surface area contributed by atoms with Crippen molar-refractivity contribution in [2.24, 2.45) is 0 Å². The summed E-state index contributed by atoms with van der Waals surface area (Å²) in [6, 6.07) is 8.75. The second kappa shape index (κ2) is 5.83. The van der Waals surface area contributed by atoms with Crippen molar-refractivity contribution in [1.29, 1.82) is 0 Å². The number of nitrogens with one attached hydrogen (secondary N) is 2. The monoisotopic (exact) mass is 338 g/mol. The molecule has 3 aromatic rings. The zero-order valence-electron chi connectivity index (χ0n) is 15.2. The molecule has 0 bridgehead atoms. The highest BCUT2D eigenvalue weighted by molar-refractivity contribution is 5.76. The summed E-state index contributed by atoms with van der Waals surface area (Å²) in [7, 11) is 0. The van der Waals surface area contributed by atoms with Crippen molar-refractivity contribution < 1.29 is 0 Å². The molecule has 1 aromatic carbocycles. The Hall–Kier alpha value is -2.43. The van der Waals surface area contributed by atoms with Crippen LogP contribution in [0.5, 0.6) is 0 Å². The first-order valence-corrected chi connectivity index (χ1v) is 9.06. The van der Waals surface area contributed by atoms with Gasteiger partial charge >= 0.3 is 5.69 Å². The highest BCUT2D eigenvalue weighted by atomic mass is 16.1. The predicted octanol–water partition coefficient (Wildman–Crippen LogP) is 3.80. The largest absolute Gasteiger partial charge is 0.370 e. The van der Waals surface area contributed by atoms with Gasteiger partial charge in [0, 0.05) is 31.5 Å². The third-order valence-electron chi connectivity index (χ3n) is 5.36. The number of hydrogen-bond donors (Lipinski definition) is 2. The summed E-state index contributed by atoms with van der Waals surface area (Å²) in [5, 5.41) is 0. The average Bonchev–Trinajstić information content (AvgIpc) is 3.20. The summed E-state index contributed by atoms with van der Waals surface area (Å²) >= 11 is 0. The van der Waals surface area contributed by atoms with E-state index >= 15 is 0 Å². The maximum Gasteiger partial charge on any atom is 0.326 e. The van der Waals surface area contributed by atoms with Crippen molar-refractivity contribution in [3.8, 4) is 0 Å². The van der Waals surface area contributed by atoms with E-state index in [1.807, 2.05) is 17.0 Å². The molecule has 0 unspecified atom stereocenters. The van der Waals surface area contributed by atoms with Crippen LogP contribution in [0.25, 0.3) is 11.0 Å². The zero-order chi connectivity index (χ0) is 17.6. The number of nitrogens with zero attached hydrogens (tertiary/aromatic N) is 2. The molecule has 0 atom stereocenters. The number of aromatic amines is 2. The van der Waals surface area contributed by atoms with Gasteiger partial charge in [0.05, 0.1) is 16.7 Å². The molecule has 5 nitrogen and oxygen atoms in total. The Morgan fingerprint density at radius 1 is 1.12 bits per heavy atom. The highest BCUT2D eigenvalue weighted by Gasteiger charge is 2.24. The Labute approximate surface area is 147 Å². The molecule has 0 saturated carbocycles. The van der Waals surface area contributed by atoms with Gasteiger partial charge in [0.15, 0.2) is 0 Å². The third-order valence-corrected chi connectivity index (χ3v) is 5.36. The van der Waals surface area contributed by atoms with Gasteiger partial charge in [-0.2, -0.15) is 0 Å². The van der Waals surface area contributed by atoms with Gasteiger partial charge in [0.25, 0.3) is 0 Å². The summed E-state index contributed by atoms with van der Waals surface area (Å²) in [6.45, 7) is 8.53. The number of aromatic nitrogens is 3. The molecule has 0 amide bonds. The van der Waals surface area contributed by atoms with Crippen LogP contribution >= 0.6 is 0 Å². The lowest BCUT2D eigenvalue weighted by Gasteiger charge is -2.33. The van der Waals surface area contributed by atoms with Crippen LogP contribution in [0, 0.1) is 0 Å². The van der Waals surface area contributed by atoms with E-state index in [0.717, 1.165) is 37.0 Å². The Kier molecular flexibility index (Phi) is 3.74. The number of imidazole rings is 1. The van der Waals surface area contributed by atoms with Crippen LogP contribution in [0.1, 0.15) is 45.2 Å². The maximum absolute atomic E-state index is 12.6. The minimum Gasteiger partial charge on any atom is -0.370 e. The van der Waals surface area contributed by atoms with E-state index in [9.17, 15) is 4.79 Å². The van der Waals surface area contributed by atoms with E-state index in [4.69, 9.17) is 0 Å². The molecule has 1 aliphatic heterocycles. The fourth-order valence-corrected chi connectivity index (χ4v) is 3.85. The van der Waals surface area contributed by atoms with Crippen LogP contribution in [0.3, 0.4) is 0 Å². The molecule has 2 aromatic heterocycles. The van der Waals surface area contributed by atoms with Crippen molar-refractivity contribution >= 4 is 16.7 Å². The minimum absolute atomic E-state index is 0.0150. The Bertz CT molecular complexity index is 919. The molecule has 0 aliphatic carbocycles. The minimum atomic E-state index is 0.0150. The molecule has 1 aliphatic rings. The van der Waals surface area contributed by atoms with E-state index in [0.29, 0.717) is 0 Å². The van der Waals surface area contributed by atoms with Gasteiger partial charge in [-0.05, 0) is 42.0 Å². The van der Waals surface area contributed by atoms with Gasteiger partial charge in [-0.3, -0.25) is 4.57 Å². The first kappa shape index (κ1) is 16.1. The lowest BCUT2D eigenvalue weighted by Crippen LogP contribution is -2.36. The van der Waals surface area contributed by atoms with E-state index in [2.05, 4.69) is 59.9 Å². The quantitative estimate of drug-likeness (QED) is 0.747. The highest BCUT2D eigenvalue weighted by Crippen LogP contribution is 2.29. The van der Waals surface area contributed by atoms with Crippen LogP contribution in [-0.4, -0.2) is 27.6 Å². The summed E-state index contributed by atoms with van der Waals surface area (Å²) in [5.74, 6) is 0. The van der Waals surface area contributed by atoms with Crippen molar-refractivity contribution in [3.63, 3.8) is 0 Å². The number of anilines is 1. The molecule has 132 valence electrons. The summed E-state index contributed by atoms with van der Waals surface area (Å²) in [4.78, 5) is 21.2. The number of rotatable bonds is 2. The van der Waals surface area contributed by atoms with Crippen LogP contribution in [0.2, 0.25) is 0 Å². The molecule has 1 fully saturated rings. The SMILES string of the molecule is CC(C)(C)c1ccc2c(c1)[nH]c(=O)n2C1CCN(c2cc[nH]c2)CC1. The Morgan fingerprint density at radius 2 is 1.88 bits per heavy atom. The van der Waals surface area contributed by atoms with Gasteiger partial charge in [-0.25, -0.2) is 4.79 Å². The van der Waals surface area contributed by atoms with E-state index in [1.165, 1.54) is 11.3 Å². The van der Waals surface area contributed by atoms with Gasteiger partial charge in [-0.1, -0.05) is 26.8 Å². The summed E-state index contributed by atoms with van der Waals surface area (Å²) in [5.41, 5.74) is 4.55. The molecule has 1 saturated heterocycles. The zero-order valence-corrected chi connectivity index (χ0v) is 15.2. The average molecular weight is 338 g/mol. The molecule has 0 radical (unpaired) electrons. The van der Waals surface area contributed by atoms with Gasteiger partial charge in [0.1, 0.15) is 0 Å². The maximum atomic E-state index is 12.6. The van der Waals surface area contributed by atoms with E-state index in [1.54, 1.807) is 0 Å². The van der Waals surface area contributed by atoms with E-state index < -0.39 is 0 Å². The fraction of sp³-hybridized carbons (Fsp3) is 0.450. The predicted molar refractivity (Wildman–Crippen MR) is 103 cm³/mol. The summed E-state index contributed by atoms with van der Waals surface area (Å²) in [6.07, 6.45) is 5.96. The van der Waals surface area contributed by atoms with E-state index in [-0.39, 0.29) is 17.1 Å². The van der Waals surface area contributed by atoms with Crippen molar-refractivity contribution in [2.45, 2.75) is 45.1 Å². The van der Waals surface area contributed by atoms with Crippen LogP contribution in [0.4, 0.5) is 5.69 Å². The van der Waals surface area contributed by atoms with Crippen LogP contribution in [-0.2, 0) is 5.41 Å². The molecular formula is C20H26N4O. The van der Waals surface area contributed by atoms with Crippen molar-refractivity contribution in [3.05, 3.63) is 52.7 Å². The smallest absolute Gasteiger partial charge is 0.326 e. The third kappa shape index (κ3) is 2.88. The Morgan fingerprint density at radius 3 is 2.52 bits per heavy atom. The number of piperidine rings is 1. The first-order valence-electron chi connectivity index (χ1n) is 9.06. The topological polar surface area (TPSA) is 56.8 Å². The number of H-pyrrole nitrogens is 2. The normalized spacial score (nSPS) is 16.7. The van der Waals surface area contributed by atoms with Gasteiger partial charge < -0.3 is 14.9 Å². The van der Waals surface area contributed by atoms with Crippen molar-refractivity contribution in [1.82, 2.24) is 14.5 Å². The van der Waals surface area contributed by atoms with Crippen LogP contribution in [0.15, 0.2) is 41.5 Å². The molecule has 5 heteroatoms. The van der Waals surface area contributed by atoms with Gasteiger partial charge in [-0.15, -0.1) is 0 Å². The van der Waals surface area contributed by atoms with Gasteiger partial charge in [0.2, 0.25) is 0 Å². The molecular weight excluding hydrogens is 312 g/mol. The molecule has 3 heterocycles. The lowest BCUT2D eigenvalue weighted by atomic mass is 9.87. The molecule has 25 heavy (non-hydrogen) atoms. The molecule has 0 spiro atoms. The second-order valence-corrected chi connectivity index (χ2v) is 8.07. The Balaban J connectivity index is 1.62.